The van der Waals surface area contributed by atoms with Gasteiger partial charge in [-0.2, -0.15) is 0 Å². The van der Waals surface area contributed by atoms with Gasteiger partial charge in [0.05, 0.1) is 5.56 Å². The van der Waals surface area contributed by atoms with Gasteiger partial charge in [0.2, 0.25) is 0 Å². The highest BCUT2D eigenvalue weighted by Crippen LogP contribution is 2.19. The molecule has 0 saturated carbocycles. The van der Waals surface area contributed by atoms with Crippen molar-refractivity contribution in [2.24, 2.45) is 0 Å². The summed E-state index contributed by atoms with van der Waals surface area (Å²) in [5.74, 6) is 1.35. The van der Waals surface area contributed by atoms with Crippen molar-refractivity contribution in [2.45, 2.75) is 18.9 Å². The summed E-state index contributed by atoms with van der Waals surface area (Å²) >= 11 is 5.53. The van der Waals surface area contributed by atoms with Crippen LogP contribution >= 0.6 is 38.5 Å². The van der Waals surface area contributed by atoms with Gasteiger partial charge in [-0.15, -0.1) is 0 Å². The number of halogens is 2. The summed E-state index contributed by atoms with van der Waals surface area (Å²) in [5, 5.41) is 3.02. The van der Waals surface area contributed by atoms with Crippen molar-refractivity contribution < 1.29 is 9.00 Å². The molecule has 1 saturated heterocycles. The van der Waals surface area contributed by atoms with Gasteiger partial charge >= 0.3 is 0 Å². The third kappa shape index (κ3) is 3.77. The van der Waals surface area contributed by atoms with Crippen LogP contribution in [0.5, 0.6) is 0 Å². The molecule has 1 aromatic rings. The van der Waals surface area contributed by atoms with Gasteiger partial charge < -0.3 is 5.32 Å². The van der Waals surface area contributed by atoms with Gasteiger partial charge in [-0.25, -0.2) is 0 Å². The summed E-state index contributed by atoms with van der Waals surface area (Å²) in [4.78, 5) is 12.2. The summed E-state index contributed by atoms with van der Waals surface area (Å²) in [6, 6.07) is 5.82. The zero-order valence-corrected chi connectivity index (χ0v) is 14.2. The number of rotatable bonds is 2. The summed E-state index contributed by atoms with van der Waals surface area (Å²) in [5.41, 5.74) is 0.691. The van der Waals surface area contributed by atoms with Crippen LogP contribution < -0.4 is 5.32 Å². The van der Waals surface area contributed by atoms with E-state index in [0.29, 0.717) is 17.1 Å². The molecule has 1 fully saturated rings. The summed E-state index contributed by atoms with van der Waals surface area (Å²) in [6.45, 7) is 0. The van der Waals surface area contributed by atoms with Gasteiger partial charge in [-0.3, -0.25) is 9.00 Å². The Balaban J connectivity index is 2.03. The lowest BCUT2D eigenvalue weighted by molar-refractivity contribution is 0.0933. The van der Waals surface area contributed by atoms with Crippen molar-refractivity contribution in [3.05, 3.63) is 31.8 Å². The maximum atomic E-state index is 12.2. The molecule has 2 rings (SSSR count). The van der Waals surface area contributed by atoms with Crippen molar-refractivity contribution >= 4 is 55.2 Å². The van der Waals surface area contributed by atoms with Crippen LogP contribution in [0.1, 0.15) is 23.2 Å². The molecule has 0 unspecified atom stereocenters. The van der Waals surface area contributed by atoms with Gasteiger partial charge in [0.1, 0.15) is 0 Å². The molecule has 0 aromatic heterocycles. The highest BCUT2D eigenvalue weighted by molar-refractivity contribution is 14.1. The number of carbonyl (C=O) groups is 1. The molecule has 0 spiro atoms. The zero-order chi connectivity index (χ0) is 13.1. The molecular weight excluding hydrogens is 429 g/mol. The maximum Gasteiger partial charge on any atom is 0.252 e. The second-order valence-corrected chi connectivity index (χ2v) is 7.99. The molecule has 18 heavy (non-hydrogen) atoms. The maximum absolute atomic E-state index is 12.2. The van der Waals surface area contributed by atoms with Crippen molar-refractivity contribution in [3.63, 3.8) is 0 Å². The van der Waals surface area contributed by atoms with Crippen LogP contribution in [0.3, 0.4) is 0 Å². The number of carbonyl (C=O) groups excluding carboxylic acids is 1. The number of hydrogen-bond donors (Lipinski definition) is 1. The van der Waals surface area contributed by atoms with Gasteiger partial charge in [-0.05, 0) is 53.6 Å². The largest absolute Gasteiger partial charge is 0.349 e. The molecule has 0 aliphatic carbocycles. The lowest BCUT2D eigenvalue weighted by atomic mass is 10.1. The van der Waals surface area contributed by atoms with E-state index in [1.165, 1.54) is 0 Å². The van der Waals surface area contributed by atoms with Crippen LogP contribution in [0.4, 0.5) is 0 Å². The third-order valence-corrected chi connectivity index (χ3v) is 5.71. The predicted octanol–water partition coefficient (Wildman–Crippen LogP) is 2.69. The normalized spacial score (nSPS) is 23.7. The van der Waals surface area contributed by atoms with E-state index in [0.717, 1.165) is 20.9 Å². The van der Waals surface area contributed by atoms with E-state index in [9.17, 15) is 9.00 Å². The Hall–Kier alpha value is 0.0500. The SMILES string of the molecule is O=C(NC1CCS(=O)CC1)c1cc(Br)ccc1I. The smallest absolute Gasteiger partial charge is 0.252 e. The van der Waals surface area contributed by atoms with Crippen LogP contribution in [0.15, 0.2) is 22.7 Å². The number of nitrogens with one attached hydrogen (secondary N) is 1. The highest BCUT2D eigenvalue weighted by Gasteiger charge is 2.21. The first-order valence-electron chi connectivity index (χ1n) is 5.67. The number of benzene rings is 1. The van der Waals surface area contributed by atoms with E-state index in [2.05, 4.69) is 43.8 Å². The van der Waals surface area contributed by atoms with E-state index in [-0.39, 0.29) is 11.9 Å². The molecule has 1 heterocycles. The topological polar surface area (TPSA) is 46.2 Å². The first kappa shape index (κ1) is 14.5. The van der Waals surface area contributed by atoms with Gasteiger partial charge in [-0.1, -0.05) is 15.9 Å². The van der Waals surface area contributed by atoms with E-state index in [1.807, 2.05) is 18.2 Å². The summed E-state index contributed by atoms with van der Waals surface area (Å²) in [7, 11) is -0.689. The number of amides is 1. The van der Waals surface area contributed by atoms with Crippen molar-refractivity contribution in [1.82, 2.24) is 5.32 Å². The summed E-state index contributed by atoms with van der Waals surface area (Å²) in [6.07, 6.45) is 1.62. The molecule has 0 radical (unpaired) electrons. The Morgan fingerprint density at radius 3 is 2.72 bits per heavy atom. The lowest BCUT2D eigenvalue weighted by Crippen LogP contribution is -2.39. The first-order valence-corrected chi connectivity index (χ1v) is 9.03. The van der Waals surface area contributed by atoms with Crippen molar-refractivity contribution in [3.8, 4) is 0 Å². The molecule has 1 aromatic carbocycles. The Bertz CT molecular complexity index is 485. The van der Waals surface area contributed by atoms with Crippen molar-refractivity contribution in [1.29, 1.82) is 0 Å². The lowest BCUT2D eigenvalue weighted by Gasteiger charge is -2.22. The fraction of sp³-hybridized carbons (Fsp3) is 0.417. The Morgan fingerprint density at radius 2 is 2.06 bits per heavy atom. The molecule has 1 N–H and O–H groups in total. The second kappa shape index (κ2) is 6.47. The minimum atomic E-state index is -0.689. The Morgan fingerprint density at radius 1 is 1.39 bits per heavy atom. The van der Waals surface area contributed by atoms with Crippen LogP contribution in [0.25, 0.3) is 0 Å². The third-order valence-electron chi connectivity index (χ3n) is 2.90. The van der Waals surface area contributed by atoms with Crippen molar-refractivity contribution in [2.75, 3.05) is 11.5 Å². The molecule has 0 bridgehead atoms. The van der Waals surface area contributed by atoms with Crippen LogP contribution in [0, 0.1) is 3.57 Å². The van der Waals surface area contributed by atoms with Gasteiger partial charge in [0.15, 0.2) is 0 Å². The van der Waals surface area contributed by atoms with Crippen LogP contribution in [0.2, 0.25) is 0 Å². The summed E-state index contributed by atoms with van der Waals surface area (Å²) < 4.78 is 13.1. The van der Waals surface area contributed by atoms with Crippen LogP contribution in [-0.4, -0.2) is 27.7 Å². The first-order chi connectivity index (χ1) is 8.56. The predicted molar refractivity (Wildman–Crippen MR) is 85.2 cm³/mol. The molecule has 3 nitrogen and oxygen atoms in total. The molecule has 0 atom stereocenters. The fourth-order valence-corrected chi connectivity index (χ4v) is 4.11. The molecule has 98 valence electrons. The standard InChI is InChI=1S/C12H13BrINO2S/c13-8-1-2-11(14)10(7-8)12(16)15-9-3-5-18(17)6-4-9/h1-2,7,9H,3-6H2,(H,15,16). The van der Waals surface area contributed by atoms with E-state index >= 15 is 0 Å². The quantitative estimate of drug-likeness (QED) is 0.717. The van der Waals surface area contributed by atoms with E-state index < -0.39 is 10.8 Å². The molecule has 1 aliphatic heterocycles. The van der Waals surface area contributed by atoms with Crippen LogP contribution in [-0.2, 0) is 10.8 Å². The fourth-order valence-electron chi connectivity index (χ4n) is 1.87. The average Bonchev–Trinajstić information content (AvgIpc) is 2.35. The molecular formula is C12H13BrINO2S. The van der Waals surface area contributed by atoms with E-state index in [1.54, 1.807) is 0 Å². The Labute approximate surface area is 131 Å². The zero-order valence-electron chi connectivity index (χ0n) is 9.62. The molecule has 1 aliphatic rings. The minimum Gasteiger partial charge on any atom is -0.349 e. The Kier molecular flexibility index (Phi) is 5.20. The molecule has 6 heteroatoms. The number of hydrogen-bond acceptors (Lipinski definition) is 2. The molecule has 1 amide bonds. The van der Waals surface area contributed by atoms with Gasteiger partial charge in [0, 0.05) is 36.4 Å². The highest BCUT2D eigenvalue weighted by atomic mass is 127. The van der Waals surface area contributed by atoms with E-state index in [4.69, 9.17) is 0 Å². The average molecular weight is 442 g/mol. The second-order valence-electron chi connectivity index (χ2n) is 4.22. The monoisotopic (exact) mass is 441 g/mol. The van der Waals surface area contributed by atoms with Gasteiger partial charge in [0.25, 0.3) is 5.91 Å². The minimum absolute atomic E-state index is 0.0432.